The fourth-order valence-corrected chi connectivity index (χ4v) is 5.20. The van der Waals surface area contributed by atoms with Crippen LogP contribution in [0.1, 0.15) is 49.5 Å². The summed E-state index contributed by atoms with van der Waals surface area (Å²) in [6, 6.07) is 7.59. The lowest BCUT2D eigenvalue weighted by molar-refractivity contribution is -0.135. The van der Waals surface area contributed by atoms with Crippen LogP contribution in [0.3, 0.4) is 0 Å². The van der Waals surface area contributed by atoms with Gasteiger partial charge in [-0.3, -0.25) is 9.59 Å². The van der Waals surface area contributed by atoms with Crippen molar-refractivity contribution in [1.29, 1.82) is 0 Å². The number of fused-ring (bicyclic) bond motifs is 1. The summed E-state index contributed by atoms with van der Waals surface area (Å²) < 4.78 is 38.9. The predicted molar refractivity (Wildman–Crippen MR) is 141 cm³/mol. The van der Waals surface area contributed by atoms with E-state index in [1.54, 1.807) is 18.2 Å². The van der Waals surface area contributed by atoms with Gasteiger partial charge in [-0.1, -0.05) is 0 Å². The minimum Gasteiger partial charge on any atom is -0.471 e. The van der Waals surface area contributed by atoms with Crippen LogP contribution in [0.2, 0.25) is 0 Å². The Balaban J connectivity index is 1.73. The molecule has 0 spiro atoms. The summed E-state index contributed by atoms with van der Waals surface area (Å²) in [6.45, 7) is 6.99. The van der Waals surface area contributed by atoms with Gasteiger partial charge < -0.3 is 29.9 Å². The number of anilines is 1. The van der Waals surface area contributed by atoms with Gasteiger partial charge in [0.05, 0.1) is 12.8 Å². The predicted octanol–water partition coefficient (Wildman–Crippen LogP) is 3.56. The molecule has 0 aliphatic carbocycles. The summed E-state index contributed by atoms with van der Waals surface area (Å²) in [7, 11) is 1.22. The molecular weight excluding hydrogens is 510 g/mol. The van der Waals surface area contributed by atoms with Crippen molar-refractivity contribution >= 4 is 23.6 Å². The van der Waals surface area contributed by atoms with Gasteiger partial charge in [-0.2, -0.15) is 0 Å². The maximum absolute atomic E-state index is 14.1. The van der Waals surface area contributed by atoms with E-state index in [2.05, 4.69) is 15.4 Å². The van der Waals surface area contributed by atoms with Crippen molar-refractivity contribution in [2.45, 2.75) is 51.3 Å². The Kier molecular flexibility index (Phi) is 8.39. The molecule has 2 aromatic rings. The van der Waals surface area contributed by atoms with Crippen LogP contribution < -0.4 is 20.3 Å². The number of ether oxygens (including phenoxy) is 2. The van der Waals surface area contributed by atoms with Crippen LogP contribution in [-0.4, -0.2) is 68.2 Å². The molecule has 0 radical (unpaired) electrons. The van der Waals surface area contributed by atoms with Gasteiger partial charge in [0.15, 0.2) is 0 Å². The molecule has 2 atom stereocenters. The van der Waals surface area contributed by atoms with Crippen LogP contribution in [0, 0.1) is 11.6 Å². The van der Waals surface area contributed by atoms with Crippen LogP contribution in [-0.2, 0) is 15.1 Å². The second kappa shape index (κ2) is 11.6. The fourth-order valence-electron chi connectivity index (χ4n) is 5.20. The number of halogens is 2. The first-order chi connectivity index (χ1) is 18.5. The second-order valence-corrected chi connectivity index (χ2v) is 10.2. The summed E-state index contributed by atoms with van der Waals surface area (Å²) in [6.07, 6.45) is 1.18. The minimum absolute atomic E-state index is 0.00230. The van der Waals surface area contributed by atoms with Gasteiger partial charge in [-0.05, 0) is 70.5 Å². The molecule has 11 heteroatoms. The van der Waals surface area contributed by atoms with E-state index in [4.69, 9.17) is 4.74 Å². The van der Waals surface area contributed by atoms with E-state index in [1.165, 1.54) is 18.9 Å². The highest BCUT2D eigenvalue weighted by Crippen LogP contribution is 2.43. The van der Waals surface area contributed by atoms with Crippen molar-refractivity contribution < 1.29 is 32.6 Å². The van der Waals surface area contributed by atoms with Crippen molar-refractivity contribution in [3.05, 3.63) is 59.2 Å². The van der Waals surface area contributed by atoms with Crippen molar-refractivity contribution in [2.75, 3.05) is 38.2 Å². The third-order valence-electron chi connectivity index (χ3n) is 7.12. The maximum atomic E-state index is 14.1. The molecule has 4 rings (SSSR count). The average Bonchev–Trinajstić information content (AvgIpc) is 2.90. The number of hydrogen-bond donors (Lipinski definition) is 2. The van der Waals surface area contributed by atoms with Gasteiger partial charge in [-0.15, -0.1) is 0 Å². The van der Waals surface area contributed by atoms with E-state index >= 15 is 0 Å². The lowest BCUT2D eigenvalue weighted by atomic mass is 9.91. The molecule has 2 aliphatic heterocycles. The van der Waals surface area contributed by atoms with Crippen LogP contribution in [0.25, 0.3) is 0 Å². The van der Waals surface area contributed by atoms with E-state index in [0.717, 1.165) is 31.5 Å². The van der Waals surface area contributed by atoms with Gasteiger partial charge in [-0.25, -0.2) is 13.6 Å². The third-order valence-corrected chi connectivity index (χ3v) is 7.12. The minimum atomic E-state index is -1.76. The Morgan fingerprint density at radius 3 is 2.56 bits per heavy atom. The molecule has 2 heterocycles. The van der Waals surface area contributed by atoms with Crippen molar-refractivity contribution in [1.82, 2.24) is 15.5 Å². The fraction of sp³-hybridized carbons (Fsp3) is 0.464. The molecule has 0 bridgehead atoms. The van der Waals surface area contributed by atoms with Gasteiger partial charge in [0.25, 0.3) is 11.8 Å². The second-order valence-electron chi connectivity index (χ2n) is 10.2. The third kappa shape index (κ3) is 5.83. The van der Waals surface area contributed by atoms with E-state index in [1.807, 2.05) is 18.7 Å². The van der Waals surface area contributed by atoms with Crippen LogP contribution in [0.15, 0.2) is 36.4 Å². The Labute approximate surface area is 226 Å². The van der Waals surface area contributed by atoms with E-state index in [9.17, 15) is 23.2 Å². The van der Waals surface area contributed by atoms with Gasteiger partial charge >= 0.3 is 6.09 Å². The zero-order valence-electron chi connectivity index (χ0n) is 22.6. The Morgan fingerprint density at radius 1 is 1.23 bits per heavy atom. The van der Waals surface area contributed by atoms with Crippen LogP contribution >= 0.6 is 0 Å². The number of alkyl carbamates (subject to hydrolysis) is 1. The van der Waals surface area contributed by atoms with Crippen molar-refractivity contribution in [3.63, 3.8) is 0 Å². The first-order valence-electron chi connectivity index (χ1n) is 13.0. The summed E-state index contributed by atoms with van der Waals surface area (Å²) in [4.78, 5) is 42.4. The Hall–Kier alpha value is -3.73. The summed E-state index contributed by atoms with van der Waals surface area (Å²) in [5, 5.41) is 5.88. The van der Waals surface area contributed by atoms with Crippen LogP contribution in [0.4, 0.5) is 19.3 Å². The number of amides is 3. The van der Waals surface area contributed by atoms with Gasteiger partial charge in [0.2, 0.25) is 5.60 Å². The highest BCUT2D eigenvalue weighted by atomic mass is 19.1. The molecule has 3 amide bonds. The number of nitrogens with zero attached hydrogens (tertiary/aromatic N) is 2. The Morgan fingerprint density at radius 2 is 1.95 bits per heavy atom. The van der Waals surface area contributed by atoms with Crippen LogP contribution in [0.5, 0.6) is 5.75 Å². The summed E-state index contributed by atoms with van der Waals surface area (Å²) in [5.41, 5.74) is -1.07. The van der Waals surface area contributed by atoms with Gasteiger partial charge in [0.1, 0.15) is 17.4 Å². The summed E-state index contributed by atoms with van der Waals surface area (Å²) >= 11 is 0. The van der Waals surface area contributed by atoms with E-state index in [-0.39, 0.29) is 42.4 Å². The van der Waals surface area contributed by atoms with Crippen molar-refractivity contribution in [2.24, 2.45) is 0 Å². The van der Waals surface area contributed by atoms with E-state index < -0.39 is 29.2 Å². The molecule has 0 aromatic heterocycles. The first kappa shape index (κ1) is 28.3. The molecule has 9 nitrogen and oxygen atoms in total. The number of rotatable bonds is 7. The Bertz CT molecular complexity index is 1230. The smallest absolute Gasteiger partial charge is 0.406 e. The highest BCUT2D eigenvalue weighted by Gasteiger charge is 2.47. The molecule has 39 heavy (non-hydrogen) atoms. The standard InChI is InChI=1S/C28H34F2N4O5/c1-17(2)34(22-6-5-9-31-16-22)25(35)18-7-8-24-23(12-18)33(11-10-32-27(37)38-4)26(36)28(3,39-24)19-13-20(29)15-21(30)14-19/h7-8,12-15,17,22,31H,5-6,9-11,16H2,1-4H3,(H,32,37)/t22-,28+/m1/s1. The van der Waals surface area contributed by atoms with Crippen molar-refractivity contribution in [3.8, 4) is 5.75 Å². The maximum Gasteiger partial charge on any atom is 0.406 e. The lowest BCUT2D eigenvalue weighted by Crippen LogP contribution is -2.54. The molecule has 0 saturated carbocycles. The monoisotopic (exact) mass is 544 g/mol. The number of carbonyl (C=O) groups is 3. The topological polar surface area (TPSA) is 100 Å². The van der Waals surface area contributed by atoms with E-state index in [0.29, 0.717) is 23.9 Å². The number of carbonyl (C=O) groups excluding carboxylic acids is 3. The number of piperidine rings is 1. The molecule has 2 aromatic carbocycles. The number of nitrogens with one attached hydrogen (secondary N) is 2. The SMILES string of the molecule is COC(=O)NCCN1C(=O)[C@](C)(c2cc(F)cc(F)c2)Oc2ccc(C(=O)N(C(C)C)[C@@H]3CCCNC3)cc21. The van der Waals surface area contributed by atoms with Gasteiger partial charge in [0, 0.05) is 48.9 Å². The largest absolute Gasteiger partial charge is 0.471 e. The number of benzene rings is 2. The quantitative estimate of drug-likeness (QED) is 0.553. The molecule has 2 N–H and O–H groups in total. The normalized spacial score (nSPS) is 20.7. The zero-order valence-corrected chi connectivity index (χ0v) is 22.6. The molecule has 2 aliphatic rings. The molecule has 1 fully saturated rings. The molecule has 210 valence electrons. The zero-order chi connectivity index (χ0) is 28.3. The highest BCUT2D eigenvalue weighted by molar-refractivity contribution is 6.05. The molecular formula is C28H34F2N4O5. The first-order valence-corrected chi connectivity index (χ1v) is 13.0. The number of methoxy groups -OCH3 is 1. The molecule has 1 saturated heterocycles. The summed E-state index contributed by atoms with van der Waals surface area (Å²) in [5.74, 6) is -2.22. The average molecular weight is 545 g/mol. The molecule has 0 unspecified atom stereocenters. The lowest BCUT2D eigenvalue weighted by Gasteiger charge is -2.41. The number of hydrogen-bond acceptors (Lipinski definition) is 6.